The van der Waals surface area contributed by atoms with E-state index in [4.69, 9.17) is 11.1 Å². The molecule has 0 saturated heterocycles. The summed E-state index contributed by atoms with van der Waals surface area (Å²) in [6, 6.07) is 14.7. The van der Waals surface area contributed by atoms with Crippen LogP contribution in [0.15, 0.2) is 53.4 Å². The first-order valence-electron chi connectivity index (χ1n) is 9.85. The molecule has 0 atom stereocenters. The van der Waals surface area contributed by atoms with E-state index in [1.54, 1.807) is 24.3 Å². The zero-order chi connectivity index (χ0) is 23.3. The number of anilines is 1. The molecule has 0 unspecified atom stereocenters. The van der Waals surface area contributed by atoms with Gasteiger partial charge in [0, 0.05) is 19.7 Å². The van der Waals surface area contributed by atoms with Crippen molar-refractivity contribution in [3.8, 4) is 10.4 Å². The average molecular weight is 508 g/mol. The lowest BCUT2D eigenvalue weighted by molar-refractivity contribution is -0.114. The largest absolute Gasteiger partial charge is 0.370 e. The van der Waals surface area contributed by atoms with Gasteiger partial charge in [0.05, 0.1) is 15.5 Å². The molecule has 1 amide bonds. The molecule has 0 bridgehead atoms. The standard InChI is InChI=1S/C22H25N5O3S2.ClH/c1-14(28)26-22-27-19(12-7-15-3-5-16(6-4-15)13-25-21(23)24)20(31-22)17-8-10-18(11-9-17)32(2,29)30;/h3-6,8-11H,7,12-13H2,1-2H3,(H4,23,24,25)(H,26,27,28);1H. The highest BCUT2D eigenvalue weighted by Gasteiger charge is 2.15. The van der Waals surface area contributed by atoms with Gasteiger partial charge in [-0.25, -0.2) is 13.4 Å². The van der Waals surface area contributed by atoms with Crippen molar-refractivity contribution in [1.29, 1.82) is 5.41 Å². The molecule has 33 heavy (non-hydrogen) atoms. The van der Waals surface area contributed by atoms with E-state index in [9.17, 15) is 13.2 Å². The lowest BCUT2D eigenvalue weighted by Crippen LogP contribution is -2.29. The summed E-state index contributed by atoms with van der Waals surface area (Å²) >= 11 is 1.37. The summed E-state index contributed by atoms with van der Waals surface area (Å²) in [6.07, 6.45) is 2.58. The van der Waals surface area contributed by atoms with Gasteiger partial charge in [-0.2, -0.15) is 0 Å². The van der Waals surface area contributed by atoms with Gasteiger partial charge in [-0.05, 0) is 41.7 Å². The molecule has 0 aliphatic carbocycles. The number of guanidine groups is 1. The van der Waals surface area contributed by atoms with Crippen LogP contribution in [-0.4, -0.2) is 31.5 Å². The molecular formula is C22H26ClN5O3S2. The maximum Gasteiger partial charge on any atom is 0.223 e. The Morgan fingerprint density at radius 1 is 1.06 bits per heavy atom. The normalized spacial score (nSPS) is 10.8. The molecule has 3 rings (SSSR count). The van der Waals surface area contributed by atoms with Crippen molar-refractivity contribution < 1.29 is 13.2 Å². The Labute approximate surface area is 203 Å². The van der Waals surface area contributed by atoms with Crippen molar-refractivity contribution in [2.45, 2.75) is 31.2 Å². The van der Waals surface area contributed by atoms with Crippen molar-refractivity contribution in [2.24, 2.45) is 5.73 Å². The fraction of sp³-hybridized carbons (Fsp3) is 0.227. The number of benzene rings is 2. The van der Waals surface area contributed by atoms with Gasteiger partial charge in [-0.15, -0.1) is 12.4 Å². The second kappa shape index (κ2) is 11.3. The molecule has 1 aromatic heterocycles. The molecule has 0 aliphatic rings. The van der Waals surface area contributed by atoms with Crippen LogP contribution in [0.4, 0.5) is 5.13 Å². The van der Waals surface area contributed by atoms with E-state index in [2.05, 4.69) is 15.6 Å². The van der Waals surface area contributed by atoms with Crippen molar-refractivity contribution >= 4 is 50.6 Å². The number of carbonyl (C=O) groups is 1. The number of hydrogen-bond donors (Lipinski definition) is 4. The first kappa shape index (κ1) is 26.3. The number of halogens is 1. The van der Waals surface area contributed by atoms with Crippen LogP contribution < -0.4 is 16.4 Å². The number of aryl methyl sites for hydroxylation is 2. The number of nitrogens with zero attached hydrogens (tertiary/aromatic N) is 1. The highest BCUT2D eigenvalue weighted by molar-refractivity contribution is 7.90. The Morgan fingerprint density at radius 2 is 1.67 bits per heavy atom. The maximum absolute atomic E-state index is 11.8. The van der Waals surface area contributed by atoms with Gasteiger partial charge < -0.3 is 16.4 Å². The Kier molecular flexibility index (Phi) is 8.98. The molecule has 3 aromatic rings. The van der Waals surface area contributed by atoms with Crippen molar-refractivity contribution in [3.05, 3.63) is 65.4 Å². The maximum atomic E-state index is 11.8. The second-order valence-electron chi connectivity index (χ2n) is 7.36. The van der Waals surface area contributed by atoms with Gasteiger partial charge in [0.2, 0.25) is 5.91 Å². The average Bonchev–Trinajstić information content (AvgIpc) is 3.12. The third-order valence-corrected chi connectivity index (χ3v) is 6.87. The number of amides is 1. The molecule has 0 fully saturated rings. The topological polar surface area (TPSA) is 138 Å². The van der Waals surface area contributed by atoms with Gasteiger partial charge in [-0.3, -0.25) is 10.2 Å². The molecule has 11 heteroatoms. The number of aromatic nitrogens is 1. The molecular weight excluding hydrogens is 482 g/mol. The quantitative estimate of drug-likeness (QED) is 0.272. The molecule has 8 nitrogen and oxygen atoms in total. The van der Waals surface area contributed by atoms with Crippen molar-refractivity contribution in [2.75, 3.05) is 11.6 Å². The van der Waals surface area contributed by atoms with E-state index in [1.807, 2.05) is 24.3 Å². The van der Waals surface area contributed by atoms with Gasteiger partial charge >= 0.3 is 0 Å². The molecule has 0 radical (unpaired) electrons. The van der Waals surface area contributed by atoms with Crippen LogP contribution in [0, 0.1) is 5.41 Å². The van der Waals surface area contributed by atoms with E-state index in [0.29, 0.717) is 18.1 Å². The molecule has 176 valence electrons. The molecule has 2 aromatic carbocycles. The number of nitrogens with two attached hydrogens (primary N) is 1. The minimum atomic E-state index is -3.27. The van der Waals surface area contributed by atoms with Crippen molar-refractivity contribution in [3.63, 3.8) is 0 Å². The zero-order valence-corrected chi connectivity index (χ0v) is 20.7. The third-order valence-electron chi connectivity index (χ3n) is 4.68. The molecule has 1 heterocycles. The summed E-state index contributed by atoms with van der Waals surface area (Å²) in [6.45, 7) is 1.93. The highest BCUT2D eigenvalue weighted by atomic mass is 35.5. The minimum Gasteiger partial charge on any atom is -0.370 e. The van der Waals surface area contributed by atoms with Crippen LogP contribution >= 0.6 is 23.7 Å². The zero-order valence-electron chi connectivity index (χ0n) is 18.2. The van der Waals surface area contributed by atoms with Gasteiger partial charge in [0.15, 0.2) is 20.9 Å². The number of carbonyl (C=O) groups excluding carboxylic acids is 1. The Hall–Kier alpha value is -2.95. The summed E-state index contributed by atoms with van der Waals surface area (Å²) in [5.74, 6) is -0.260. The molecule has 0 spiro atoms. The van der Waals surface area contributed by atoms with Crippen molar-refractivity contribution in [1.82, 2.24) is 10.3 Å². The van der Waals surface area contributed by atoms with Crippen LogP contribution in [0.2, 0.25) is 0 Å². The lowest BCUT2D eigenvalue weighted by atomic mass is 10.0. The number of rotatable bonds is 8. The first-order valence-corrected chi connectivity index (χ1v) is 12.6. The Bertz CT molecular complexity index is 1220. The van der Waals surface area contributed by atoms with Crippen LogP contribution in [0.5, 0.6) is 0 Å². The second-order valence-corrected chi connectivity index (χ2v) is 10.4. The van der Waals surface area contributed by atoms with Gasteiger partial charge in [0.25, 0.3) is 0 Å². The smallest absolute Gasteiger partial charge is 0.223 e. The summed E-state index contributed by atoms with van der Waals surface area (Å²) in [7, 11) is -3.27. The first-order chi connectivity index (χ1) is 15.1. The van der Waals surface area contributed by atoms with Crippen LogP contribution in [0.3, 0.4) is 0 Å². The Morgan fingerprint density at radius 3 is 2.21 bits per heavy atom. The molecule has 0 saturated carbocycles. The van der Waals surface area contributed by atoms with Crippen LogP contribution in [0.1, 0.15) is 23.7 Å². The minimum absolute atomic E-state index is 0. The monoisotopic (exact) mass is 507 g/mol. The lowest BCUT2D eigenvalue weighted by Gasteiger charge is -2.07. The number of nitrogens with one attached hydrogen (secondary N) is 3. The van der Waals surface area contributed by atoms with E-state index >= 15 is 0 Å². The van der Waals surface area contributed by atoms with E-state index < -0.39 is 9.84 Å². The van der Waals surface area contributed by atoms with E-state index in [-0.39, 0.29) is 29.2 Å². The van der Waals surface area contributed by atoms with E-state index in [1.165, 1.54) is 24.5 Å². The fourth-order valence-corrected chi connectivity index (χ4v) is 4.78. The highest BCUT2D eigenvalue weighted by Crippen LogP contribution is 2.34. The fourth-order valence-electron chi connectivity index (χ4n) is 3.09. The van der Waals surface area contributed by atoms with E-state index in [0.717, 1.165) is 33.7 Å². The molecule has 5 N–H and O–H groups in total. The molecule has 0 aliphatic heterocycles. The number of thiazole rings is 1. The summed E-state index contributed by atoms with van der Waals surface area (Å²) in [5.41, 5.74) is 9.16. The summed E-state index contributed by atoms with van der Waals surface area (Å²) in [4.78, 5) is 17.3. The number of sulfone groups is 1. The predicted octanol–water partition coefficient (Wildman–Crippen LogP) is 3.36. The third kappa shape index (κ3) is 7.55. The van der Waals surface area contributed by atoms with Gasteiger partial charge in [-0.1, -0.05) is 47.7 Å². The van der Waals surface area contributed by atoms with Crippen LogP contribution in [0.25, 0.3) is 10.4 Å². The predicted molar refractivity (Wildman–Crippen MR) is 135 cm³/mol. The summed E-state index contributed by atoms with van der Waals surface area (Å²) < 4.78 is 23.5. The Balaban J connectivity index is 0.00000385. The SMILES string of the molecule is CC(=O)Nc1nc(CCc2ccc(CNC(=N)N)cc2)c(-c2ccc(S(C)(=O)=O)cc2)s1.Cl. The van der Waals surface area contributed by atoms with Crippen LogP contribution in [-0.2, 0) is 34.0 Å². The number of hydrogen-bond acceptors (Lipinski definition) is 6. The van der Waals surface area contributed by atoms with Gasteiger partial charge in [0.1, 0.15) is 0 Å². The summed E-state index contributed by atoms with van der Waals surface area (Å²) in [5, 5.41) is 13.3.